The Morgan fingerprint density at radius 2 is 2.21 bits per heavy atom. The monoisotopic (exact) mass is 383 g/mol. The second-order valence-corrected chi connectivity index (χ2v) is 6.02. The molecule has 0 saturated carbocycles. The molecule has 0 atom stereocenters. The van der Waals surface area contributed by atoms with Gasteiger partial charge in [0.1, 0.15) is 17.4 Å². The molecule has 0 fully saturated rings. The SMILES string of the molecule is CCc1nc2ccccn2c1C(=O)c1cc(Br)c(OC)c(C#N)c1. The fraction of sp³-hybridized carbons (Fsp3) is 0.167. The van der Waals surface area contributed by atoms with Crippen LogP contribution in [0.5, 0.6) is 5.75 Å². The van der Waals surface area contributed by atoms with E-state index in [0.717, 1.165) is 11.3 Å². The summed E-state index contributed by atoms with van der Waals surface area (Å²) >= 11 is 3.37. The van der Waals surface area contributed by atoms with Crippen LogP contribution in [0.4, 0.5) is 0 Å². The van der Waals surface area contributed by atoms with Crippen molar-refractivity contribution in [3.05, 3.63) is 63.5 Å². The number of nitriles is 1. The van der Waals surface area contributed by atoms with Gasteiger partial charge in [0.15, 0.2) is 5.75 Å². The van der Waals surface area contributed by atoms with Gasteiger partial charge < -0.3 is 4.74 Å². The van der Waals surface area contributed by atoms with Crippen LogP contribution >= 0.6 is 15.9 Å². The molecule has 3 aromatic rings. The maximum absolute atomic E-state index is 13.1. The van der Waals surface area contributed by atoms with Crippen molar-refractivity contribution >= 4 is 27.4 Å². The van der Waals surface area contributed by atoms with Crippen molar-refractivity contribution < 1.29 is 9.53 Å². The maximum atomic E-state index is 13.1. The summed E-state index contributed by atoms with van der Waals surface area (Å²) < 4.78 is 7.56. The summed E-state index contributed by atoms with van der Waals surface area (Å²) in [5.74, 6) is 0.244. The highest BCUT2D eigenvalue weighted by Crippen LogP contribution is 2.31. The van der Waals surface area contributed by atoms with Crippen molar-refractivity contribution in [1.29, 1.82) is 5.26 Å². The van der Waals surface area contributed by atoms with Crippen LogP contribution in [0.2, 0.25) is 0 Å². The summed E-state index contributed by atoms with van der Waals surface area (Å²) in [5, 5.41) is 9.30. The Labute approximate surface area is 147 Å². The fourth-order valence-corrected chi connectivity index (χ4v) is 3.31. The van der Waals surface area contributed by atoms with Crippen LogP contribution in [-0.4, -0.2) is 22.3 Å². The first kappa shape index (κ1) is 16.2. The quantitative estimate of drug-likeness (QED) is 0.643. The van der Waals surface area contributed by atoms with Gasteiger partial charge in [-0.25, -0.2) is 4.98 Å². The molecule has 24 heavy (non-hydrogen) atoms. The summed E-state index contributed by atoms with van der Waals surface area (Å²) in [6.07, 6.45) is 2.46. The van der Waals surface area contributed by atoms with E-state index in [-0.39, 0.29) is 5.78 Å². The number of halogens is 1. The van der Waals surface area contributed by atoms with Gasteiger partial charge in [-0.2, -0.15) is 5.26 Å². The zero-order valence-electron chi connectivity index (χ0n) is 13.2. The first-order valence-corrected chi connectivity index (χ1v) is 8.18. The molecule has 0 aliphatic carbocycles. The third-order valence-corrected chi connectivity index (χ3v) is 4.37. The summed E-state index contributed by atoms with van der Waals surface area (Å²) in [4.78, 5) is 17.6. The molecule has 0 bridgehead atoms. The minimum atomic E-state index is -0.176. The van der Waals surface area contributed by atoms with Gasteiger partial charge in [0, 0.05) is 11.8 Å². The van der Waals surface area contributed by atoms with E-state index in [9.17, 15) is 10.1 Å². The average Bonchev–Trinajstić information content (AvgIpc) is 2.98. The van der Waals surface area contributed by atoms with E-state index >= 15 is 0 Å². The molecule has 0 radical (unpaired) electrons. The van der Waals surface area contributed by atoms with E-state index in [1.54, 1.807) is 16.5 Å². The van der Waals surface area contributed by atoms with Gasteiger partial charge in [-0.15, -0.1) is 0 Å². The zero-order valence-corrected chi connectivity index (χ0v) is 14.8. The van der Waals surface area contributed by atoms with Gasteiger partial charge in [-0.1, -0.05) is 13.0 Å². The molecule has 120 valence electrons. The number of hydrogen-bond donors (Lipinski definition) is 0. The van der Waals surface area contributed by atoms with Gasteiger partial charge in [-0.3, -0.25) is 9.20 Å². The van der Waals surface area contributed by atoms with Gasteiger partial charge in [0.05, 0.1) is 22.8 Å². The van der Waals surface area contributed by atoms with Crippen molar-refractivity contribution in [2.75, 3.05) is 7.11 Å². The maximum Gasteiger partial charge on any atom is 0.211 e. The third-order valence-electron chi connectivity index (χ3n) is 3.78. The molecule has 0 saturated heterocycles. The van der Waals surface area contributed by atoms with Crippen LogP contribution in [0, 0.1) is 11.3 Å². The Kier molecular flexibility index (Phi) is 4.36. The van der Waals surface area contributed by atoms with E-state index < -0.39 is 0 Å². The normalized spacial score (nSPS) is 10.6. The predicted molar refractivity (Wildman–Crippen MR) is 93.4 cm³/mol. The number of nitrogens with zero attached hydrogens (tertiary/aromatic N) is 3. The number of pyridine rings is 1. The van der Waals surface area contributed by atoms with Gasteiger partial charge >= 0.3 is 0 Å². The minimum absolute atomic E-state index is 0.176. The lowest BCUT2D eigenvalue weighted by molar-refractivity contribution is 0.103. The van der Waals surface area contributed by atoms with Crippen LogP contribution in [-0.2, 0) is 6.42 Å². The molecule has 2 heterocycles. The number of fused-ring (bicyclic) bond motifs is 1. The lowest BCUT2D eigenvalue weighted by Gasteiger charge is -2.09. The Balaban J connectivity index is 2.21. The number of imidazole rings is 1. The highest BCUT2D eigenvalue weighted by atomic mass is 79.9. The number of hydrogen-bond acceptors (Lipinski definition) is 4. The number of carbonyl (C=O) groups is 1. The first-order chi connectivity index (χ1) is 11.6. The van der Waals surface area contributed by atoms with E-state index in [0.29, 0.717) is 33.5 Å². The Bertz CT molecular complexity index is 986. The molecule has 2 aromatic heterocycles. The summed E-state index contributed by atoms with van der Waals surface area (Å²) in [7, 11) is 1.49. The molecule has 0 N–H and O–H groups in total. The van der Waals surface area contributed by atoms with E-state index in [1.165, 1.54) is 7.11 Å². The van der Waals surface area contributed by atoms with E-state index in [4.69, 9.17) is 4.74 Å². The van der Waals surface area contributed by atoms with Gasteiger partial charge in [0.2, 0.25) is 5.78 Å². The molecule has 0 unspecified atom stereocenters. The molecule has 3 rings (SSSR count). The number of methoxy groups -OCH3 is 1. The second kappa shape index (κ2) is 6.46. The highest BCUT2D eigenvalue weighted by molar-refractivity contribution is 9.10. The third kappa shape index (κ3) is 2.57. The summed E-state index contributed by atoms with van der Waals surface area (Å²) in [6, 6.07) is 10.9. The van der Waals surface area contributed by atoms with Crippen molar-refractivity contribution in [2.45, 2.75) is 13.3 Å². The lowest BCUT2D eigenvalue weighted by Crippen LogP contribution is -2.09. The molecule has 0 aliphatic heterocycles. The molecule has 0 spiro atoms. The largest absolute Gasteiger partial charge is 0.494 e. The Morgan fingerprint density at radius 3 is 2.88 bits per heavy atom. The standard InChI is InChI=1S/C18H14BrN3O2/c1-3-14-16(22-7-5-4-6-15(22)21-14)17(23)11-8-12(10-20)18(24-2)13(19)9-11/h4-9H,3H2,1-2H3. The molecular formula is C18H14BrN3O2. The fourth-order valence-electron chi connectivity index (χ4n) is 2.68. The minimum Gasteiger partial charge on any atom is -0.494 e. The van der Waals surface area contributed by atoms with Crippen molar-refractivity contribution in [3.63, 3.8) is 0 Å². The van der Waals surface area contributed by atoms with Crippen LogP contribution in [0.25, 0.3) is 5.65 Å². The van der Waals surface area contributed by atoms with Gasteiger partial charge in [0.25, 0.3) is 0 Å². The lowest BCUT2D eigenvalue weighted by atomic mass is 10.0. The number of ketones is 1. The molecule has 0 aliphatic rings. The van der Waals surface area contributed by atoms with Crippen molar-refractivity contribution in [2.24, 2.45) is 0 Å². The number of ether oxygens (including phenoxy) is 1. The zero-order chi connectivity index (χ0) is 17.3. The molecular weight excluding hydrogens is 370 g/mol. The highest BCUT2D eigenvalue weighted by Gasteiger charge is 2.22. The Hall–Kier alpha value is -2.65. The van der Waals surface area contributed by atoms with E-state index in [1.807, 2.05) is 31.3 Å². The molecule has 6 heteroatoms. The summed E-state index contributed by atoms with van der Waals surface area (Å²) in [6.45, 7) is 1.96. The molecule has 0 amide bonds. The van der Waals surface area contributed by atoms with Crippen LogP contribution < -0.4 is 4.74 Å². The van der Waals surface area contributed by atoms with Crippen LogP contribution in [0.15, 0.2) is 41.0 Å². The number of aryl methyl sites for hydroxylation is 1. The first-order valence-electron chi connectivity index (χ1n) is 7.39. The predicted octanol–water partition coefficient (Wildman–Crippen LogP) is 3.77. The smallest absolute Gasteiger partial charge is 0.211 e. The number of benzene rings is 1. The molecule has 1 aromatic carbocycles. The topological polar surface area (TPSA) is 67.4 Å². The van der Waals surface area contributed by atoms with Crippen LogP contribution in [0.3, 0.4) is 0 Å². The van der Waals surface area contributed by atoms with Crippen molar-refractivity contribution in [3.8, 4) is 11.8 Å². The van der Waals surface area contributed by atoms with Crippen molar-refractivity contribution in [1.82, 2.24) is 9.38 Å². The summed E-state index contributed by atoms with van der Waals surface area (Å²) in [5.41, 5.74) is 2.71. The molecule has 5 nitrogen and oxygen atoms in total. The second-order valence-electron chi connectivity index (χ2n) is 5.17. The number of carbonyl (C=O) groups excluding carboxylic acids is 1. The number of aromatic nitrogens is 2. The van der Waals surface area contributed by atoms with Gasteiger partial charge in [-0.05, 0) is 46.6 Å². The van der Waals surface area contributed by atoms with E-state index in [2.05, 4.69) is 27.0 Å². The number of rotatable bonds is 4. The van der Waals surface area contributed by atoms with Crippen LogP contribution in [0.1, 0.15) is 34.2 Å². The Morgan fingerprint density at radius 1 is 1.42 bits per heavy atom. The average molecular weight is 384 g/mol.